The molecule has 0 aliphatic carbocycles. The highest BCUT2D eigenvalue weighted by atomic mass is 35.5. The van der Waals surface area contributed by atoms with Crippen LogP contribution in [0.4, 0.5) is 0 Å². The van der Waals surface area contributed by atoms with E-state index in [2.05, 4.69) is 28.8 Å². The molecule has 2 amide bonds. The largest absolute Gasteiger partial charge is 0.351 e. The Balaban J connectivity index is 1.58. The van der Waals surface area contributed by atoms with E-state index < -0.39 is 0 Å². The fourth-order valence-electron chi connectivity index (χ4n) is 3.86. The van der Waals surface area contributed by atoms with Gasteiger partial charge in [-0.3, -0.25) is 9.59 Å². The van der Waals surface area contributed by atoms with Crippen molar-refractivity contribution in [1.82, 2.24) is 14.4 Å². The van der Waals surface area contributed by atoms with Crippen molar-refractivity contribution >= 4 is 40.4 Å². The first kappa shape index (κ1) is 20.2. The summed E-state index contributed by atoms with van der Waals surface area (Å²) in [5, 5.41) is 1.65. The normalized spacial score (nSPS) is 14.6. The third-order valence-electron chi connectivity index (χ3n) is 5.60. The maximum Gasteiger partial charge on any atom is 0.246 e. The lowest BCUT2D eigenvalue weighted by molar-refractivity contribution is -0.135. The van der Waals surface area contributed by atoms with Crippen molar-refractivity contribution in [2.45, 2.75) is 6.92 Å². The summed E-state index contributed by atoms with van der Waals surface area (Å²) in [6, 6.07) is 15.0. The van der Waals surface area contributed by atoms with E-state index in [1.807, 2.05) is 31.5 Å². The van der Waals surface area contributed by atoms with Crippen LogP contribution < -0.4 is 0 Å². The summed E-state index contributed by atoms with van der Waals surface area (Å²) >= 11 is 6.50. The number of carbonyl (C=O) groups excluding carboxylic acids is 2. The second-order valence-electron chi connectivity index (χ2n) is 7.49. The molecule has 1 saturated heterocycles. The van der Waals surface area contributed by atoms with E-state index in [0.717, 1.165) is 27.6 Å². The lowest BCUT2D eigenvalue weighted by atomic mass is 9.98. The van der Waals surface area contributed by atoms with Crippen LogP contribution in [0.25, 0.3) is 28.1 Å². The van der Waals surface area contributed by atoms with Crippen LogP contribution in [0.5, 0.6) is 0 Å². The summed E-state index contributed by atoms with van der Waals surface area (Å²) in [5.41, 5.74) is 3.85. The summed E-state index contributed by atoms with van der Waals surface area (Å²) in [6.45, 7) is 3.79. The molecule has 0 atom stereocenters. The Hall–Kier alpha value is -3.05. The molecule has 2 heterocycles. The minimum atomic E-state index is -0.0633. The van der Waals surface area contributed by atoms with Gasteiger partial charge in [-0.15, -0.1) is 0 Å². The molecule has 6 heteroatoms. The van der Waals surface area contributed by atoms with Gasteiger partial charge < -0.3 is 14.4 Å². The van der Waals surface area contributed by atoms with Crippen LogP contribution in [-0.2, 0) is 16.6 Å². The third-order valence-corrected chi connectivity index (χ3v) is 5.90. The average Bonchev–Trinajstić information content (AvgIpc) is 3.12. The lowest BCUT2D eigenvalue weighted by Crippen LogP contribution is -2.49. The number of halogens is 1. The monoisotopic (exact) mass is 420 g/mol. The van der Waals surface area contributed by atoms with Gasteiger partial charge in [0.25, 0.3) is 0 Å². The van der Waals surface area contributed by atoms with E-state index >= 15 is 0 Å². The topological polar surface area (TPSA) is 45.6 Å². The molecule has 0 spiro atoms. The van der Waals surface area contributed by atoms with Crippen molar-refractivity contribution < 1.29 is 9.59 Å². The van der Waals surface area contributed by atoms with E-state index in [1.54, 1.807) is 28.9 Å². The summed E-state index contributed by atoms with van der Waals surface area (Å²) in [7, 11) is 2.02. The predicted molar refractivity (Wildman–Crippen MR) is 120 cm³/mol. The van der Waals surface area contributed by atoms with E-state index in [-0.39, 0.29) is 11.8 Å². The Morgan fingerprint density at radius 1 is 1.07 bits per heavy atom. The Kier molecular flexibility index (Phi) is 5.64. The van der Waals surface area contributed by atoms with E-state index in [9.17, 15) is 9.59 Å². The fraction of sp³-hybridized carbons (Fsp3) is 0.250. The smallest absolute Gasteiger partial charge is 0.246 e. The Morgan fingerprint density at radius 2 is 1.80 bits per heavy atom. The lowest BCUT2D eigenvalue weighted by Gasteiger charge is -2.33. The molecule has 0 bridgehead atoms. The van der Waals surface area contributed by atoms with E-state index in [4.69, 9.17) is 11.6 Å². The number of aryl methyl sites for hydroxylation is 1. The summed E-state index contributed by atoms with van der Waals surface area (Å²) < 4.78 is 2.07. The van der Waals surface area contributed by atoms with Crippen molar-refractivity contribution in [3.05, 3.63) is 65.3 Å². The third kappa shape index (κ3) is 3.98. The van der Waals surface area contributed by atoms with Crippen molar-refractivity contribution in [3.8, 4) is 11.1 Å². The highest BCUT2D eigenvalue weighted by Gasteiger charge is 2.21. The first-order chi connectivity index (χ1) is 14.4. The number of fused-ring (bicyclic) bond motifs is 1. The van der Waals surface area contributed by atoms with Gasteiger partial charge >= 0.3 is 0 Å². The molecule has 5 nitrogen and oxygen atoms in total. The van der Waals surface area contributed by atoms with E-state index in [1.165, 1.54) is 0 Å². The maximum absolute atomic E-state index is 12.7. The highest BCUT2D eigenvalue weighted by molar-refractivity contribution is 6.33. The number of rotatable bonds is 3. The first-order valence-electron chi connectivity index (χ1n) is 9.92. The molecule has 4 rings (SSSR count). The molecule has 1 aliphatic heterocycles. The molecule has 0 unspecified atom stereocenters. The molecular weight excluding hydrogens is 398 g/mol. The molecule has 153 valence electrons. The van der Waals surface area contributed by atoms with Crippen LogP contribution in [0.3, 0.4) is 0 Å². The summed E-state index contributed by atoms with van der Waals surface area (Å²) in [6.07, 6.45) is 5.42. The highest BCUT2D eigenvalue weighted by Crippen LogP contribution is 2.34. The number of piperazine rings is 1. The second-order valence-corrected chi connectivity index (χ2v) is 7.86. The zero-order valence-electron chi connectivity index (χ0n) is 17.1. The maximum atomic E-state index is 12.7. The molecular formula is C24H23ClN3O2. The van der Waals surface area contributed by atoms with Crippen LogP contribution >= 0.6 is 11.6 Å². The zero-order valence-corrected chi connectivity index (χ0v) is 17.8. The summed E-state index contributed by atoms with van der Waals surface area (Å²) in [5.74, 6) is -0.0144. The van der Waals surface area contributed by atoms with Gasteiger partial charge in [0.05, 0.1) is 5.02 Å². The van der Waals surface area contributed by atoms with Crippen molar-refractivity contribution in [2.75, 3.05) is 26.2 Å². The zero-order chi connectivity index (χ0) is 21.3. The van der Waals surface area contributed by atoms with Gasteiger partial charge in [-0.25, -0.2) is 0 Å². The molecule has 1 aliphatic rings. The van der Waals surface area contributed by atoms with Gasteiger partial charge in [-0.1, -0.05) is 29.8 Å². The second kappa shape index (κ2) is 8.36. The quantitative estimate of drug-likeness (QED) is 0.601. The molecule has 0 N–H and O–H groups in total. The molecule has 1 radical (unpaired) electrons. The van der Waals surface area contributed by atoms with Crippen molar-refractivity contribution in [2.24, 2.45) is 7.05 Å². The van der Waals surface area contributed by atoms with Gasteiger partial charge in [0.2, 0.25) is 11.8 Å². The molecule has 30 heavy (non-hydrogen) atoms. The minimum Gasteiger partial charge on any atom is -0.351 e. The van der Waals surface area contributed by atoms with Crippen LogP contribution in [0.15, 0.2) is 48.7 Å². The minimum absolute atomic E-state index is 0.0489. The Bertz CT molecular complexity index is 1140. The molecule has 2 aromatic carbocycles. The number of aromatic nitrogens is 1. The van der Waals surface area contributed by atoms with Gasteiger partial charge in [0, 0.05) is 75.0 Å². The molecule has 0 saturated carbocycles. The van der Waals surface area contributed by atoms with Crippen molar-refractivity contribution in [3.63, 3.8) is 0 Å². The number of benzene rings is 2. The molecule has 1 fully saturated rings. The number of hydrogen-bond acceptors (Lipinski definition) is 2. The predicted octanol–water partition coefficient (Wildman–Crippen LogP) is 4.00. The first-order valence-corrected chi connectivity index (χ1v) is 10.3. The van der Waals surface area contributed by atoms with E-state index in [0.29, 0.717) is 31.2 Å². The summed E-state index contributed by atoms with van der Waals surface area (Å²) in [4.78, 5) is 27.6. The SMILES string of the molecule is CC(=O)N1CCN(C(=O)/C=C/c2cc[c]c(Cl)c2-c2ccc3c(ccn3C)c2)CC1. The van der Waals surface area contributed by atoms with Gasteiger partial charge in [-0.2, -0.15) is 0 Å². The van der Waals surface area contributed by atoms with Gasteiger partial charge in [0.15, 0.2) is 0 Å². The number of nitrogens with zero attached hydrogens (tertiary/aromatic N) is 3. The van der Waals surface area contributed by atoms with Crippen LogP contribution in [0.2, 0.25) is 5.02 Å². The van der Waals surface area contributed by atoms with Crippen LogP contribution in [0.1, 0.15) is 12.5 Å². The van der Waals surface area contributed by atoms with Crippen molar-refractivity contribution in [1.29, 1.82) is 0 Å². The van der Waals surface area contributed by atoms with Crippen LogP contribution in [-0.4, -0.2) is 52.4 Å². The number of amides is 2. The Labute approximate surface area is 181 Å². The molecule has 3 aromatic rings. The fourth-order valence-corrected chi connectivity index (χ4v) is 4.15. The number of hydrogen-bond donors (Lipinski definition) is 0. The average molecular weight is 421 g/mol. The standard InChI is InChI=1S/C24H23ClN3O2/c1-17(29)27-12-14-28(15-13-27)23(30)9-7-18-4-3-5-21(25)24(18)20-6-8-22-19(16-20)10-11-26(22)2/h3-4,6-11,16H,12-15H2,1-2H3/b9-7+. The molecule has 1 aromatic heterocycles. The Morgan fingerprint density at radius 3 is 2.53 bits per heavy atom. The van der Waals surface area contributed by atoms with Gasteiger partial charge in [0.1, 0.15) is 0 Å². The van der Waals surface area contributed by atoms with Crippen LogP contribution in [0, 0.1) is 6.07 Å². The van der Waals surface area contributed by atoms with Gasteiger partial charge in [-0.05, 0) is 35.4 Å². The number of carbonyl (C=O) groups is 2.